The van der Waals surface area contributed by atoms with Crippen LogP contribution in [0.25, 0.3) is 0 Å². The van der Waals surface area contributed by atoms with Gasteiger partial charge in [0.1, 0.15) is 6.04 Å². The fourth-order valence-corrected chi connectivity index (χ4v) is 2.32. The number of hydrogen-bond donors (Lipinski definition) is 3. The smallest absolute Gasteiger partial charge is 0.326 e. The fraction of sp³-hybridized carbons (Fsp3) is 0.417. The highest BCUT2D eigenvalue weighted by atomic mass is 32.2. The van der Waals surface area contributed by atoms with Crippen LogP contribution in [-0.2, 0) is 14.8 Å². The van der Waals surface area contributed by atoms with Gasteiger partial charge in [0.15, 0.2) is 0 Å². The van der Waals surface area contributed by atoms with Crippen LogP contribution in [0.1, 0.15) is 18.9 Å². The van der Waals surface area contributed by atoms with E-state index >= 15 is 0 Å². The zero-order valence-corrected chi connectivity index (χ0v) is 11.9. The molecule has 7 heteroatoms. The van der Waals surface area contributed by atoms with Crippen molar-refractivity contribution in [3.8, 4) is 0 Å². The van der Waals surface area contributed by atoms with E-state index in [1.807, 2.05) is 0 Å². The Morgan fingerprint density at radius 1 is 1.42 bits per heavy atom. The molecule has 1 unspecified atom stereocenters. The molecular formula is C12H18N2O4S. The second kappa shape index (κ2) is 6.03. The zero-order valence-electron chi connectivity index (χ0n) is 11.1. The highest BCUT2D eigenvalue weighted by molar-refractivity contribution is 7.89. The van der Waals surface area contributed by atoms with Crippen LogP contribution in [0.3, 0.4) is 0 Å². The molecule has 1 atom stereocenters. The molecule has 0 bridgehead atoms. The van der Waals surface area contributed by atoms with Crippen LogP contribution < -0.4 is 10.0 Å². The number of rotatable bonds is 6. The average molecular weight is 286 g/mol. The first-order chi connectivity index (χ1) is 8.81. The summed E-state index contributed by atoms with van der Waals surface area (Å²) < 4.78 is 25.6. The molecule has 0 heterocycles. The molecule has 0 aliphatic carbocycles. The molecule has 0 aliphatic heterocycles. The van der Waals surface area contributed by atoms with E-state index in [-0.39, 0.29) is 4.90 Å². The van der Waals surface area contributed by atoms with E-state index in [1.165, 1.54) is 19.2 Å². The first-order valence-corrected chi connectivity index (χ1v) is 7.33. The molecule has 3 N–H and O–H groups in total. The van der Waals surface area contributed by atoms with Crippen molar-refractivity contribution in [1.29, 1.82) is 0 Å². The Morgan fingerprint density at radius 3 is 2.53 bits per heavy atom. The lowest BCUT2D eigenvalue weighted by atomic mass is 10.1. The number of carbonyl (C=O) groups is 1. The van der Waals surface area contributed by atoms with E-state index in [0.29, 0.717) is 12.1 Å². The number of sulfonamides is 1. The number of aliphatic carboxylic acids is 1. The van der Waals surface area contributed by atoms with E-state index < -0.39 is 22.0 Å². The number of hydrogen-bond acceptors (Lipinski definition) is 4. The summed E-state index contributed by atoms with van der Waals surface area (Å²) in [7, 11) is -2.21. The van der Waals surface area contributed by atoms with Crippen molar-refractivity contribution in [2.45, 2.75) is 31.2 Å². The molecule has 106 valence electrons. The van der Waals surface area contributed by atoms with E-state index in [0.717, 1.165) is 5.56 Å². The summed E-state index contributed by atoms with van der Waals surface area (Å²) in [5, 5.41) is 11.8. The maximum atomic E-state index is 11.7. The van der Waals surface area contributed by atoms with Gasteiger partial charge in [-0.05, 0) is 38.1 Å². The van der Waals surface area contributed by atoms with Gasteiger partial charge in [0.2, 0.25) is 10.0 Å². The summed E-state index contributed by atoms with van der Waals surface area (Å²) in [6.45, 7) is 3.53. The SMILES string of the molecule is CCC(Nc1cc(S(=O)(=O)NC)ccc1C)C(=O)O. The number of benzene rings is 1. The van der Waals surface area contributed by atoms with Gasteiger partial charge in [-0.25, -0.2) is 17.9 Å². The maximum Gasteiger partial charge on any atom is 0.326 e. The topological polar surface area (TPSA) is 95.5 Å². The third-order valence-corrected chi connectivity index (χ3v) is 4.24. The molecule has 0 fully saturated rings. The van der Waals surface area contributed by atoms with Gasteiger partial charge in [-0.2, -0.15) is 0 Å². The minimum Gasteiger partial charge on any atom is -0.480 e. The third kappa shape index (κ3) is 3.68. The predicted octanol–water partition coefficient (Wildman–Crippen LogP) is 1.18. The Labute approximate surface area is 112 Å². The fourth-order valence-electron chi connectivity index (χ4n) is 1.57. The van der Waals surface area contributed by atoms with E-state index in [4.69, 9.17) is 5.11 Å². The second-order valence-electron chi connectivity index (χ2n) is 4.13. The summed E-state index contributed by atoms with van der Waals surface area (Å²) in [6, 6.07) is 3.81. The van der Waals surface area contributed by atoms with Crippen molar-refractivity contribution < 1.29 is 18.3 Å². The van der Waals surface area contributed by atoms with Crippen molar-refractivity contribution in [1.82, 2.24) is 4.72 Å². The summed E-state index contributed by atoms with van der Waals surface area (Å²) in [5.74, 6) is -0.969. The summed E-state index contributed by atoms with van der Waals surface area (Å²) >= 11 is 0. The van der Waals surface area contributed by atoms with Crippen LogP contribution >= 0.6 is 0 Å². The molecule has 0 aromatic heterocycles. The number of nitrogens with one attached hydrogen (secondary N) is 2. The Morgan fingerprint density at radius 2 is 2.05 bits per heavy atom. The van der Waals surface area contributed by atoms with Gasteiger partial charge in [-0.3, -0.25) is 0 Å². The van der Waals surface area contributed by atoms with E-state index in [9.17, 15) is 13.2 Å². The van der Waals surface area contributed by atoms with Crippen molar-refractivity contribution in [3.05, 3.63) is 23.8 Å². The van der Waals surface area contributed by atoms with Crippen LogP contribution in [0, 0.1) is 6.92 Å². The first-order valence-electron chi connectivity index (χ1n) is 5.85. The van der Waals surface area contributed by atoms with Crippen molar-refractivity contribution in [2.24, 2.45) is 0 Å². The lowest BCUT2D eigenvalue weighted by Gasteiger charge is -2.16. The van der Waals surface area contributed by atoms with Crippen LogP contribution in [0.15, 0.2) is 23.1 Å². The minimum atomic E-state index is -3.54. The molecule has 1 aromatic rings. The van der Waals surface area contributed by atoms with Crippen molar-refractivity contribution in [3.63, 3.8) is 0 Å². The molecule has 0 saturated heterocycles. The molecule has 19 heavy (non-hydrogen) atoms. The lowest BCUT2D eigenvalue weighted by Crippen LogP contribution is -2.28. The van der Waals surface area contributed by atoms with Gasteiger partial charge >= 0.3 is 5.97 Å². The third-order valence-electron chi connectivity index (χ3n) is 2.82. The van der Waals surface area contributed by atoms with Gasteiger partial charge < -0.3 is 10.4 Å². The molecule has 0 aliphatic rings. The predicted molar refractivity (Wildman–Crippen MR) is 72.8 cm³/mol. The van der Waals surface area contributed by atoms with E-state index in [1.54, 1.807) is 19.9 Å². The van der Waals surface area contributed by atoms with Crippen LogP contribution in [0.5, 0.6) is 0 Å². The van der Waals surface area contributed by atoms with Gasteiger partial charge in [-0.1, -0.05) is 13.0 Å². The van der Waals surface area contributed by atoms with Gasteiger partial charge in [0.25, 0.3) is 0 Å². The summed E-state index contributed by atoms with van der Waals surface area (Å²) in [6.07, 6.45) is 0.401. The second-order valence-corrected chi connectivity index (χ2v) is 6.01. The monoisotopic (exact) mass is 286 g/mol. The first kappa shape index (κ1) is 15.5. The quantitative estimate of drug-likeness (QED) is 0.730. The van der Waals surface area contributed by atoms with Crippen LogP contribution in [0.4, 0.5) is 5.69 Å². The number of carboxylic acids is 1. The van der Waals surface area contributed by atoms with Crippen molar-refractivity contribution in [2.75, 3.05) is 12.4 Å². The van der Waals surface area contributed by atoms with Gasteiger partial charge in [0, 0.05) is 5.69 Å². The van der Waals surface area contributed by atoms with E-state index in [2.05, 4.69) is 10.0 Å². The molecule has 0 spiro atoms. The number of carboxylic acid groups (broad SMARTS) is 1. The molecule has 1 aromatic carbocycles. The van der Waals surface area contributed by atoms with Crippen molar-refractivity contribution >= 4 is 21.7 Å². The minimum absolute atomic E-state index is 0.100. The number of anilines is 1. The van der Waals surface area contributed by atoms with Gasteiger partial charge in [-0.15, -0.1) is 0 Å². The standard InChI is InChI=1S/C12H18N2O4S/c1-4-10(12(15)16)14-11-7-9(6-5-8(11)2)19(17,18)13-3/h5-7,10,13-14H,4H2,1-3H3,(H,15,16). The molecule has 0 amide bonds. The largest absolute Gasteiger partial charge is 0.480 e. The lowest BCUT2D eigenvalue weighted by molar-refractivity contribution is -0.137. The molecule has 1 rings (SSSR count). The highest BCUT2D eigenvalue weighted by Gasteiger charge is 2.18. The molecule has 6 nitrogen and oxygen atoms in total. The molecule has 0 saturated carbocycles. The van der Waals surface area contributed by atoms with Crippen LogP contribution in [-0.4, -0.2) is 32.6 Å². The molecular weight excluding hydrogens is 268 g/mol. The molecule has 0 radical (unpaired) electrons. The Kier molecular flexibility index (Phi) is 4.90. The zero-order chi connectivity index (χ0) is 14.6. The number of aryl methyl sites for hydroxylation is 1. The average Bonchev–Trinajstić information content (AvgIpc) is 2.37. The maximum absolute atomic E-state index is 11.7. The van der Waals surface area contributed by atoms with Crippen LogP contribution in [0.2, 0.25) is 0 Å². The normalized spacial score (nSPS) is 13.0. The Bertz CT molecular complexity index is 569. The van der Waals surface area contributed by atoms with Gasteiger partial charge in [0.05, 0.1) is 4.90 Å². The summed E-state index contributed by atoms with van der Waals surface area (Å²) in [5.41, 5.74) is 1.29. The Balaban J connectivity index is 3.15. The summed E-state index contributed by atoms with van der Waals surface area (Å²) in [4.78, 5) is 11.1. The highest BCUT2D eigenvalue weighted by Crippen LogP contribution is 2.21. The Hall–Kier alpha value is -1.60.